The monoisotopic (exact) mass is 479 g/mol. The minimum absolute atomic E-state index is 0.0161. The number of para-hydroxylation sites is 1. The van der Waals surface area contributed by atoms with Crippen molar-refractivity contribution < 1.29 is 14.3 Å². The molecule has 2 atom stereocenters. The van der Waals surface area contributed by atoms with Crippen LogP contribution in [0.5, 0.6) is 0 Å². The lowest BCUT2D eigenvalue weighted by molar-refractivity contribution is -0.122. The maximum Gasteiger partial charge on any atom is 0.255 e. The van der Waals surface area contributed by atoms with Gasteiger partial charge in [0.05, 0.1) is 17.8 Å². The Morgan fingerprint density at radius 2 is 1.83 bits per heavy atom. The third-order valence-corrected chi connectivity index (χ3v) is 7.28. The third kappa shape index (κ3) is 3.97. The zero-order valence-electron chi connectivity index (χ0n) is 20.3. The Kier molecular flexibility index (Phi) is 5.82. The number of aromatic amines is 1. The number of hydrogen-bond acceptors (Lipinski definition) is 3. The fourth-order valence-electron chi connectivity index (χ4n) is 5.48. The fourth-order valence-corrected chi connectivity index (χ4v) is 5.48. The molecule has 0 aliphatic carbocycles. The molecule has 0 spiro atoms. The predicted octanol–water partition coefficient (Wildman–Crippen LogP) is 4.98. The van der Waals surface area contributed by atoms with E-state index in [1.165, 1.54) is 5.56 Å². The van der Waals surface area contributed by atoms with Crippen LogP contribution in [0.4, 0.5) is 0 Å². The number of nitrogens with one attached hydrogen (secondary N) is 2. The van der Waals surface area contributed by atoms with Gasteiger partial charge in [-0.05, 0) is 43.0 Å². The lowest BCUT2D eigenvalue weighted by Crippen LogP contribution is -2.41. The van der Waals surface area contributed by atoms with Gasteiger partial charge >= 0.3 is 0 Å². The first-order chi connectivity index (χ1) is 17.6. The van der Waals surface area contributed by atoms with Crippen LogP contribution in [0.3, 0.4) is 0 Å². The Morgan fingerprint density at radius 3 is 2.64 bits per heavy atom. The van der Waals surface area contributed by atoms with Crippen LogP contribution in [0.1, 0.15) is 45.9 Å². The highest BCUT2D eigenvalue weighted by Crippen LogP contribution is 2.45. The van der Waals surface area contributed by atoms with E-state index in [4.69, 9.17) is 4.74 Å². The van der Waals surface area contributed by atoms with Crippen molar-refractivity contribution >= 4 is 22.7 Å². The normalized spacial score (nSPS) is 19.1. The summed E-state index contributed by atoms with van der Waals surface area (Å²) in [6.07, 6.45) is 2.02. The van der Waals surface area contributed by atoms with Gasteiger partial charge in [0.1, 0.15) is 6.54 Å². The van der Waals surface area contributed by atoms with Crippen molar-refractivity contribution in [2.75, 3.05) is 19.7 Å². The molecule has 182 valence electrons. The molecule has 1 aromatic heterocycles. The Morgan fingerprint density at radius 1 is 1.06 bits per heavy atom. The van der Waals surface area contributed by atoms with E-state index in [2.05, 4.69) is 53.6 Å². The topological polar surface area (TPSA) is 74.4 Å². The molecule has 2 N–H and O–H groups in total. The van der Waals surface area contributed by atoms with Crippen LogP contribution in [0.15, 0.2) is 72.8 Å². The molecule has 4 aromatic rings. The molecule has 3 aromatic carbocycles. The fraction of sp³-hybridized carbons (Fsp3) is 0.267. The van der Waals surface area contributed by atoms with Gasteiger partial charge in [-0.25, -0.2) is 0 Å². The first-order valence-electron chi connectivity index (χ1n) is 12.6. The van der Waals surface area contributed by atoms with E-state index in [1.807, 2.05) is 36.4 Å². The van der Waals surface area contributed by atoms with Gasteiger partial charge in [-0.1, -0.05) is 66.2 Å². The van der Waals surface area contributed by atoms with E-state index >= 15 is 0 Å². The molecule has 1 saturated heterocycles. The molecule has 3 heterocycles. The van der Waals surface area contributed by atoms with Crippen LogP contribution in [-0.2, 0) is 9.53 Å². The highest BCUT2D eigenvalue weighted by molar-refractivity contribution is 6.03. The molecule has 6 rings (SSSR count). The van der Waals surface area contributed by atoms with Crippen LogP contribution in [0.2, 0.25) is 0 Å². The highest BCUT2D eigenvalue weighted by Gasteiger charge is 2.41. The quantitative estimate of drug-likeness (QED) is 0.409. The summed E-state index contributed by atoms with van der Waals surface area (Å²) in [7, 11) is 0. The van der Waals surface area contributed by atoms with Gasteiger partial charge in [0, 0.05) is 35.2 Å². The molecule has 36 heavy (non-hydrogen) atoms. The summed E-state index contributed by atoms with van der Waals surface area (Å²) in [5.41, 5.74) is 6.79. The average molecular weight is 480 g/mol. The number of carbonyl (C=O) groups excluding carboxylic acids is 2. The number of amides is 2. The second kappa shape index (κ2) is 9.28. The molecular formula is C30H29N3O3. The van der Waals surface area contributed by atoms with Crippen molar-refractivity contribution in [3.63, 3.8) is 0 Å². The van der Waals surface area contributed by atoms with Crippen molar-refractivity contribution in [1.82, 2.24) is 15.2 Å². The van der Waals surface area contributed by atoms with E-state index in [9.17, 15) is 9.59 Å². The molecule has 1 fully saturated rings. The van der Waals surface area contributed by atoms with Gasteiger partial charge in [0.15, 0.2) is 0 Å². The number of aryl methyl sites for hydroxylation is 1. The summed E-state index contributed by atoms with van der Waals surface area (Å²) in [6, 6.07) is 23.9. The van der Waals surface area contributed by atoms with Crippen molar-refractivity contribution in [2.24, 2.45) is 0 Å². The second-order valence-corrected chi connectivity index (χ2v) is 9.69. The number of rotatable bonds is 6. The van der Waals surface area contributed by atoms with Gasteiger partial charge in [-0.3, -0.25) is 9.59 Å². The van der Waals surface area contributed by atoms with Crippen LogP contribution in [0, 0.1) is 6.92 Å². The van der Waals surface area contributed by atoms with E-state index in [-0.39, 0.29) is 30.5 Å². The number of aromatic nitrogens is 1. The van der Waals surface area contributed by atoms with Crippen molar-refractivity contribution in [1.29, 1.82) is 0 Å². The third-order valence-electron chi connectivity index (χ3n) is 7.28. The first kappa shape index (κ1) is 22.6. The lowest BCUT2D eigenvalue weighted by Gasteiger charge is -2.26. The summed E-state index contributed by atoms with van der Waals surface area (Å²) < 4.78 is 5.65. The van der Waals surface area contributed by atoms with Crippen LogP contribution in [0.25, 0.3) is 22.2 Å². The standard InChI is InChI=1S/C30H29N3O3/c1-19-12-14-20(15-13-19)28-27(24-10-4-5-11-25(24)32-28)29-22-8-2-3-9-23(22)30(35)33(29)18-26(34)31-17-21-7-6-16-36-21/h2-5,8-15,21,29,32H,6-7,16-18H2,1H3,(H,31,34). The van der Waals surface area contributed by atoms with Gasteiger partial charge < -0.3 is 19.9 Å². The Balaban J connectivity index is 1.43. The van der Waals surface area contributed by atoms with Crippen LogP contribution in [-0.4, -0.2) is 47.5 Å². The Bertz CT molecular complexity index is 1430. The number of carbonyl (C=O) groups is 2. The van der Waals surface area contributed by atoms with E-state index in [1.54, 1.807) is 4.90 Å². The number of fused-ring (bicyclic) bond motifs is 2. The summed E-state index contributed by atoms with van der Waals surface area (Å²) in [6.45, 7) is 3.27. The van der Waals surface area contributed by atoms with Gasteiger partial charge in [-0.2, -0.15) is 0 Å². The molecule has 0 radical (unpaired) electrons. The second-order valence-electron chi connectivity index (χ2n) is 9.69. The zero-order chi connectivity index (χ0) is 24.6. The summed E-state index contributed by atoms with van der Waals surface area (Å²) >= 11 is 0. The van der Waals surface area contributed by atoms with E-state index in [0.29, 0.717) is 12.1 Å². The van der Waals surface area contributed by atoms with Crippen LogP contribution >= 0.6 is 0 Å². The smallest absolute Gasteiger partial charge is 0.255 e. The Hall–Kier alpha value is -3.90. The molecular weight excluding hydrogens is 450 g/mol. The zero-order valence-corrected chi connectivity index (χ0v) is 20.3. The number of hydrogen-bond donors (Lipinski definition) is 2. The maximum atomic E-state index is 13.6. The molecule has 2 aliphatic heterocycles. The van der Waals surface area contributed by atoms with Gasteiger partial charge in [0.2, 0.25) is 5.91 Å². The van der Waals surface area contributed by atoms with E-state index < -0.39 is 0 Å². The van der Waals surface area contributed by atoms with Crippen LogP contribution < -0.4 is 5.32 Å². The maximum absolute atomic E-state index is 13.6. The van der Waals surface area contributed by atoms with Gasteiger partial charge in [-0.15, -0.1) is 0 Å². The van der Waals surface area contributed by atoms with Crippen molar-refractivity contribution in [2.45, 2.75) is 31.9 Å². The summed E-state index contributed by atoms with van der Waals surface area (Å²) in [4.78, 5) is 32.0. The minimum Gasteiger partial charge on any atom is -0.376 e. The molecule has 2 aliphatic rings. The number of benzene rings is 3. The molecule has 6 heteroatoms. The summed E-state index contributed by atoms with van der Waals surface area (Å²) in [5, 5.41) is 4.04. The molecule has 0 saturated carbocycles. The highest BCUT2D eigenvalue weighted by atomic mass is 16.5. The SMILES string of the molecule is Cc1ccc(-c2[nH]c3ccccc3c2C2c3ccccc3C(=O)N2CC(=O)NCC2CCCO2)cc1. The van der Waals surface area contributed by atoms with Crippen molar-refractivity contribution in [3.05, 3.63) is 95.1 Å². The number of nitrogens with zero attached hydrogens (tertiary/aromatic N) is 1. The van der Waals surface area contributed by atoms with E-state index in [0.717, 1.165) is 52.7 Å². The molecule has 2 unspecified atom stereocenters. The number of ether oxygens (including phenoxy) is 1. The minimum atomic E-state index is -0.380. The number of H-pyrrole nitrogens is 1. The Labute approximate surface area is 210 Å². The first-order valence-corrected chi connectivity index (χ1v) is 12.6. The van der Waals surface area contributed by atoms with Crippen molar-refractivity contribution in [3.8, 4) is 11.3 Å². The lowest BCUT2D eigenvalue weighted by atomic mass is 9.93. The molecule has 6 nitrogen and oxygen atoms in total. The average Bonchev–Trinajstić information content (AvgIpc) is 3.61. The summed E-state index contributed by atoms with van der Waals surface area (Å²) in [5.74, 6) is -0.295. The predicted molar refractivity (Wildman–Crippen MR) is 140 cm³/mol. The molecule has 0 bridgehead atoms. The molecule has 2 amide bonds. The van der Waals surface area contributed by atoms with Gasteiger partial charge in [0.25, 0.3) is 5.91 Å². The largest absolute Gasteiger partial charge is 0.376 e.